The molecular formula is C13H12ClNO4. The zero-order valence-corrected chi connectivity index (χ0v) is 11.0. The highest BCUT2D eigenvalue weighted by atomic mass is 35.5. The van der Waals surface area contributed by atoms with Crippen molar-refractivity contribution in [3.63, 3.8) is 0 Å². The predicted octanol–water partition coefficient (Wildman–Crippen LogP) is 2.36. The van der Waals surface area contributed by atoms with E-state index in [4.69, 9.17) is 21.1 Å². The molecule has 1 aromatic rings. The van der Waals surface area contributed by atoms with E-state index < -0.39 is 5.97 Å². The van der Waals surface area contributed by atoms with Gasteiger partial charge in [0, 0.05) is 12.1 Å². The van der Waals surface area contributed by atoms with E-state index in [0.29, 0.717) is 5.69 Å². The zero-order valence-electron chi connectivity index (χ0n) is 10.2. The number of hydrogen-bond donors (Lipinski definition) is 1. The summed E-state index contributed by atoms with van der Waals surface area (Å²) in [6, 6.07) is 3.66. The molecule has 0 saturated heterocycles. The van der Waals surface area contributed by atoms with E-state index in [1.54, 1.807) is 12.3 Å². The average molecular weight is 282 g/mol. The van der Waals surface area contributed by atoms with Crippen LogP contribution in [-0.2, 0) is 20.9 Å². The van der Waals surface area contributed by atoms with Crippen LogP contribution in [0.3, 0.4) is 0 Å². The molecule has 100 valence electrons. The Hall–Kier alpha value is -2.01. The summed E-state index contributed by atoms with van der Waals surface area (Å²) < 4.78 is 10.0. The van der Waals surface area contributed by atoms with E-state index in [1.165, 1.54) is 6.08 Å². The van der Waals surface area contributed by atoms with Gasteiger partial charge in [-0.05, 0) is 24.6 Å². The quantitative estimate of drug-likeness (QED) is 0.678. The summed E-state index contributed by atoms with van der Waals surface area (Å²) in [5.74, 6) is -1.15. The van der Waals surface area contributed by atoms with Crippen LogP contribution in [0.1, 0.15) is 11.3 Å². The lowest BCUT2D eigenvalue weighted by Gasteiger charge is -2.04. The van der Waals surface area contributed by atoms with Crippen LogP contribution in [0.2, 0.25) is 0 Å². The van der Waals surface area contributed by atoms with Crippen LogP contribution in [0.5, 0.6) is 0 Å². The summed E-state index contributed by atoms with van der Waals surface area (Å²) in [4.78, 5) is 15.6. The molecule has 0 radical (unpaired) electrons. The minimum Gasteiger partial charge on any atom is -0.501 e. The number of aliphatic hydroxyl groups excluding tert-OH is 1. The highest BCUT2D eigenvalue weighted by Crippen LogP contribution is 2.25. The summed E-state index contributed by atoms with van der Waals surface area (Å²) in [5, 5.41) is 9.73. The van der Waals surface area contributed by atoms with Gasteiger partial charge in [0.25, 0.3) is 5.76 Å². The molecule has 0 bridgehead atoms. The molecule has 0 atom stereocenters. The first-order valence-electron chi connectivity index (χ1n) is 5.58. The number of carbonyl (C=O) groups is 1. The molecule has 0 fully saturated rings. The van der Waals surface area contributed by atoms with Crippen molar-refractivity contribution in [2.45, 2.75) is 13.5 Å². The topological polar surface area (TPSA) is 68.7 Å². The molecule has 1 aromatic heterocycles. The molecule has 0 unspecified atom stereocenters. The van der Waals surface area contributed by atoms with Crippen molar-refractivity contribution in [1.82, 2.24) is 4.98 Å². The second kappa shape index (κ2) is 5.75. The number of aryl methyl sites for hydroxylation is 1. The number of carbonyl (C=O) groups excluding carboxylic acids is 1. The Morgan fingerprint density at radius 2 is 2.32 bits per heavy atom. The molecule has 0 amide bonds. The van der Waals surface area contributed by atoms with Crippen molar-refractivity contribution in [2.24, 2.45) is 0 Å². The van der Waals surface area contributed by atoms with Crippen LogP contribution in [-0.4, -0.2) is 21.9 Å². The van der Waals surface area contributed by atoms with Gasteiger partial charge in [-0.25, -0.2) is 4.79 Å². The van der Waals surface area contributed by atoms with Crippen molar-refractivity contribution in [3.05, 3.63) is 52.9 Å². The second-order valence-electron chi connectivity index (χ2n) is 3.91. The van der Waals surface area contributed by atoms with Gasteiger partial charge in [-0.2, -0.15) is 0 Å². The third-order valence-corrected chi connectivity index (χ3v) is 2.59. The molecule has 0 spiro atoms. The lowest BCUT2D eigenvalue weighted by atomic mass is 10.3. The van der Waals surface area contributed by atoms with Crippen LogP contribution in [0.15, 0.2) is 41.7 Å². The minimum absolute atomic E-state index is 0.0202. The monoisotopic (exact) mass is 281 g/mol. The smallest absolute Gasteiger partial charge is 0.383 e. The fourth-order valence-corrected chi connectivity index (χ4v) is 1.61. The number of hydrogen-bond acceptors (Lipinski definition) is 5. The number of allylic oxidation sites excluding steroid dienone is 1. The third kappa shape index (κ3) is 3.06. The van der Waals surface area contributed by atoms with Gasteiger partial charge in [0.15, 0.2) is 5.76 Å². The van der Waals surface area contributed by atoms with Crippen LogP contribution < -0.4 is 0 Å². The van der Waals surface area contributed by atoms with Crippen molar-refractivity contribution in [1.29, 1.82) is 0 Å². The molecule has 0 aromatic carbocycles. The van der Waals surface area contributed by atoms with E-state index in [1.807, 2.05) is 13.0 Å². The second-order valence-corrected chi connectivity index (χ2v) is 4.21. The molecule has 1 aliphatic rings. The lowest BCUT2D eigenvalue weighted by molar-refractivity contribution is -0.136. The average Bonchev–Trinajstić information content (AvgIpc) is 2.65. The number of esters is 1. The van der Waals surface area contributed by atoms with Gasteiger partial charge < -0.3 is 14.6 Å². The third-order valence-electron chi connectivity index (χ3n) is 2.44. The van der Waals surface area contributed by atoms with Gasteiger partial charge in [0.05, 0.1) is 5.69 Å². The number of rotatable bonds is 4. The molecule has 0 aliphatic carbocycles. The summed E-state index contributed by atoms with van der Waals surface area (Å²) in [7, 11) is 0. The van der Waals surface area contributed by atoms with E-state index in [0.717, 1.165) is 5.56 Å². The van der Waals surface area contributed by atoms with Crippen LogP contribution in [0, 0.1) is 6.92 Å². The molecule has 0 saturated carbocycles. The Morgan fingerprint density at radius 1 is 1.53 bits per heavy atom. The fraction of sp³-hybridized carbons (Fsp3) is 0.231. The summed E-state index contributed by atoms with van der Waals surface area (Å²) in [5.41, 5.74) is 1.67. The standard InChI is InChI=1S/C13H12ClNO4/c1-8-2-3-9(15-6-8)7-18-12-11(16)10(4-5-14)19-13(12)17/h2-4,6,16H,5,7H2,1H3/b10-4+. The number of aliphatic hydroxyl groups is 1. The largest absolute Gasteiger partial charge is 0.501 e. The van der Waals surface area contributed by atoms with Gasteiger partial charge in [0.1, 0.15) is 6.61 Å². The van der Waals surface area contributed by atoms with E-state index in [2.05, 4.69) is 4.98 Å². The summed E-state index contributed by atoms with van der Waals surface area (Å²) >= 11 is 5.48. The Balaban J connectivity index is 2.08. The Bertz CT molecular complexity index is 548. The number of nitrogens with zero attached hydrogens (tertiary/aromatic N) is 1. The molecular weight excluding hydrogens is 270 g/mol. The molecule has 2 heterocycles. The van der Waals surface area contributed by atoms with Gasteiger partial charge in [-0.3, -0.25) is 4.98 Å². The maximum absolute atomic E-state index is 11.5. The number of aromatic nitrogens is 1. The Morgan fingerprint density at radius 3 is 2.95 bits per heavy atom. The van der Waals surface area contributed by atoms with Crippen LogP contribution >= 0.6 is 11.6 Å². The van der Waals surface area contributed by atoms with Crippen molar-refractivity contribution in [3.8, 4) is 0 Å². The highest BCUT2D eigenvalue weighted by Gasteiger charge is 2.31. The fourth-order valence-electron chi connectivity index (χ4n) is 1.47. The van der Waals surface area contributed by atoms with Crippen LogP contribution in [0.25, 0.3) is 0 Å². The van der Waals surface area contributed by atoms with Gasteiger partial charge >= 0.3 is 5.97 Å². The maximum Gasteiger partial charge on any atom is 0.383 e. The molecule has 2 rings (SSSR count). The lowest BCUT2D eigenvalue weighted by Crippen LogP contribution is -2.04. The maximum atomic E-state index is 11.5. The molecule has 1 N–H and O–H groups in total. The predicted molar refractivity (Wildman–Crippen MR) is 68.3 cm³/mol. The van der Waals surface area contributed by atoms with E-state index in [9.17, 15) is 9.90 Å². The van der Waals surface area contributed by atoms with E-state index in [-0.39, 0.29) is 29.8 Å². The number of alkyl halides is 1. The van der Waals surface area contributed by atoms with Crippen molar-refractivity contribution < 1.29 is 19.4 Å². The Kier molecular flexibility index (Phi) is 4.06. The van der Waals surface area contributed by atoms with Crippen LogP contribution in [0.4, 0.5) is 0 Å². The normalized spacial score (nSPS) is 16.9. The number of halogens is 1. The molecule has 6 heteroatoms. The molecule has 5 nitrogen and oxygen atoms in total. The first-order valence-corrected chi connectivity index (χ1v) is 6.11. The summed E-state index contributed by atoms with van der Waals surface area (Å²) in [6.45, 7) is 1.99. The molecule has 1 aliphatic heterocycles. The van der Waals surface area contributed by atoms with Gasteiger partial charge in [-0.15, -0.1) is 11.6 Å². The number of pyridine rings is 1. The Labute approximate surface area is 115 Å². The first-order chi connectivity index (χ1) is 9.11. The molecule has 19 heavy (non-hydrogen) atoms. The highest BCUT2D eigenvalue weighted by molar-refractivity contribution is 6.19. The SMILES string of the molecule is Cc1ccc(COC2=C(O)/C(=C\CCl)OC2=O)nc1. The van der Waals surface area contributed by atoms with Crippen molar-refractivity contribution >= 4 is 17.6 Å². The minimum atomic E-state index is -0.735. The van der Waals surface area contributed by atoms with Crippen molar-refractivity contribution in [2.75, 3.05) is 5.88 Å². The number of ether oxygens (including phenoxy) is 2. The van der Waals surface area contributed by atoms with E-state index >= 15 is 0 Å². The zero-order chi connectivity index (χ0) is 13.8. The summed E-state index contributed by atoms with van der Waals surface area (Å²) in [6.07, 6.45) is 3.08. The van der Waals surface area contributed by atoms with Gasteiger partial charge in [-0.1, -0.05) is 6.07 Å². The van der Waals surface area contributed by atoms with Gasteiger partial charge in [0.2, 0.25) is 5.76 Å². The first kappa shape index (κ1) is 13.4. The number of cyclic esters (lactones) is 1.